The molecule has 1 atom stereocenters. The maximum Gasteiger partial charge on any atom is 0.306 e. The predicted molar refractivity (Wildman–Crippen MR) is 190 cm³/mol. The lowest BCUT2D eigenvalue weighted by Gasteiger charge is -2.18. The number of hydrogen-bond donors (Lipinski definition) is 1. The van der Waals surface area contributed by atoms with Crippen molar-refractivity contribution < 1.29 is 19.4 Å². The molecule has 44 heavy (non-hydrogen) atoms. The monoisotopic (exact) mass is 621 g/mol. The van der Waals surface area contributed by atoms with Gasteiger partial charge in [0.05, 0.1) is 0 Å². The minimum absolute atomic E-state index is 0.000396. The van der Waals surface area contributed by atoms with Crippen LogP contribution in [-0.4, -0.2) is 23.1 Å². The first-order chi connectivity index (χ1) is 21.6. The maximum absolute atomic E-state index is 12.6. The quantitative estimate of drug-likeness (QED) is 0.0430. The van der Waals surface area contributed by atoms with E-state index in [1.807, 2.05) is 0 Å². The minimum Gasteiger partial charge on any atom is -0.481 e. The van der Waals surface area contributed by atoms with Gasteiger partial charge in [-0.05, 0) is 64.2 Å². The zero-order chi connectivity index (χ0) is 32.2. The number of carbonyl (C=O) groups excluding carboxylic acids is 1. The van der Waals surface area contributed by atoms with Gasteiger partial charge in [-0.1, -0.05) is 161 Å². The van der Waals surface area contributed by atoms with Gasteiger partial charge in [-0.15, -0.1) is 0 Å². The number of esters is 1. The summed E-state index contributed by atoms with van der Waals surface area (Å²) < 4.78 is 5.97. The molecule has 0 bridgehead atoms. The van der Waals surface area contributed by atoms with Crippen LogP contribution in [0.3, 0.4) is 0 Å². The Kier molecular flexibility index (Phi) is 35.1. The summed E-state index contributed by atoms with van der Waals surface area (Å²) in [5.74, 6) is -0.699. The number of carboxylic acids is 1. The van der Waals surface area contributed by atoms with E-state index in [0.29, 0.717) is 6.42 Å². The molecule has 0 radical (unpaired) electrons. The van der Waals surface area contributed by atoms with Gasteiger partial charge in [-0.2, -0.15) is 0 Å². The molecule has 0 heterocycles. The number of carboxylic acid groups (broad SMARTS) is 1. The summed E-state index contributed by atoms with van der Waals surface area (Å²) in [6.45, 7) is 4.53. The normalized spacial score (nSPS) is 12.2. The van der Waals surface area contributed by atoms with Crippen molar-refractivity contribution in [2.75, 3.05) is 0 Å². The number of rotatable bonds is 36. The predicted octanol–water partition coefficient (Wildman–Crippen LogP) is 13.5. The maximum atomic E-state index is 12.6. The summed E-state index contributed by atoms with van der Waals surface area (Å²) in [4.78, 5) is 23.3. The number of ether oxygens (including phenoxy) is 1. The van der Waals surface area contributed by atoms with Crippen molar-refractivity contribution in [2.24, 2.45) is 0 Å². The molecule has 1 unspecified atom stereocenters. The largest absolute Gasteiger partial charge is 0.481 e. The number of aliphatic carboxylic acids is 1. The lowest BCUT2D eigenvalue weighted by Crippen LogP contribution is -2.18. The zero-order valence-electron chi connectivity index (χ0n) is 29.7. The van der Waals surface area contributed by atoms with Crippen LogP contribution in [0, 0.1) is 0 Å². The van der Waals surface area contributed by atoms with Gasteiger partial charge >= 0.3 is 11.9 Å². The van der Waals surface area contributed by atoms with E-state index in [4.69, 9.17) is 9.84 Å². The fourth-order valence-electron chi connectivity index (χ4n) is 6.06. The van der Waals surface area contributed by atoms with Crippen molar-refractivity contribution >= 4 is 11.9 Å². The van der Waals surface area contributed by atoms with E-state index in [1.165, 1.54) is 135 Å². The molecular formula is C40H76O4. The highest BCUT2D eigenvalue weighted by Crippen LogP contribution is 2.19. The standard InChI is InChI=1S/C40H76O4/c1-3-5-7-9-11-12-13-14-15-16-17-18-19-20-21-22-24-29-33-37-40(43)44-38(34-30-26-23-10-8-6-4-2)35-31-27-25-28-32-36-39(41)42/h14-15,38H,3-13,16-37H2,1-2H3,(H,41,42)/b15-14-. The second kappa shape index (κ2) is 36.2. The molecule has 0 fully saturated rings. The number of hydrogen-bond acceptors (Lipinski definition) is 3. The number of unbranched alkanes of at least 4 members (excludes halogenated alkanes) is 25. The van der Waals surface area contributed by atoms with Crippen LogP contribution in [0.25, 0.3) is 0 Å². The molecule has 0 aliphatic carbocycles. The Labute approximate surface area is 275 Å². The van der Waals surface area contributed by atoms with Crippen molar-refractivity contribution in [3.63, 3.8) is 0 Å². The van der Waals surface area contributed by atoms with Crippen LogP contribution >= 0.6 is 0 Å². The lowest BCUT2D eigenvalue weighted by atomic mass is 10.0. The van der Waals surface area contributed by atoms with Crippen LogP contribution in [0.2, 0.25) is 0 Å². The van der Waals surface area contributed by atoms with E-state index in [1.54, 1.807) is 0 Å². The molecule has 0 saturated carbocycles. The molecule has 4 heteroatoms. The van der Waals surface area contributed by atoms with Gasteiger partial charge in [-0.25, -0.2) is 0 Å². The highest BCUT2D eigenvalue weighted by molar-refractivity contribution is 5.69. The summed E-state index contributed by atoms with van der Waals surface area (Å²) in [5.41, 5.74) is 0. The third kappa shape index (κ3) is 35.2. The summed E-state index contributed by atoms with van der Waals surface area (Å²) in [7, 11) is 0. The van der Waals surface area contributed by atoms with Gasteiger partial charge in [-0.3, -0.25) is 9.59 Å². The molecule has 0 amide bonds. The average Bonchev–Trinajstić information content (AvgIpc) is 3.00. The Morgan fingerprint density at radius 2 is 0.818 bits per heavy atom. The van der Waals surface area contributed by atoms with Gasteiger partial charge in [0.1, 0.15) is 6.10 Å². The van der Waals surface area contributed by atoms with Gasteiger partial charge < -0.3 is 9.84 Å². The SMILES string of the molecule is CCCCCCCC/C=C\CCCCCCCCCCCC(=O)OC(CCCCCCCCC)CCCCCCCC(=O)O. The first-order valence-electron chi connectivity index (χ1n) is 19.7. The molecule has 0 aromatic heterocycles. The molecule has 0 aromatic rings. The summed E-state index contributed by atoms with van der Waals surface area (Å²) in [6, 6.07) is 0. The fourth-order valence-corrected chi connectivity index (χ4v) is 6.06. The second-order valence-electron chi connectivity index (χ2n) is 13.5. The van der Waals surface area contributed by atoms with Gasteiger partial charge in [0.15, 0.2) is 0 Å². The van der Waals surface area contributed by atoms with Gasteiger partial charge in [0.25, 0.3) is 0 Å². The van der Waals surface area contributed by atoms with Gasteiger partial charge in [0.2, 0.25) is 0 Å². The van der Waals surface area contributed by atoms with E-state index in [2.05, 4.69) is 26.0 Å². The fraction of sp³-hybridized carbons (Fsp3) is 0.900. The third-order valence-electron chi connectivity index (χ3n) is 8.99. The Morgan fingerprint density at radius 1 is 0.477 bits per heavy atom. The van der Waals surface area contributed by atoms with Crippen LogP contribution in [0.1, 0.15) is 226 Å². The van der Waals surface area contributed by atoms with E-state index >= 15 is 0 Å². The van der Waals surface area contributed by atoms with E-state index in [-0.39, 0.29) is 18.5 Å². The third-order valence-corrected chi connectivity index (χ3v) is 8.99. The molecule has 260 valence electrons. The highest BCUT2D eigenvalue weighted by atomic mass is 16.5. The molecular weight excluding hydrogens is 544 g/mol. The molecule has 0 aromatic carbocycles. The molecule has 0 spiro atoms. The average molecular weight is 621 g/mol. The van der Waals surface area contributed by atoms with Crippen molar-refractivity contribution in [3.8, 4) is 0 Å². The minimum atomic E-state index is -0.699. The summed E-state index contributed by atoms with van der Waals surface area (Å²) in [6.07, 6.45) is 43.8. The smallest absolute Gasteiger partial charge is 0.306 e. The molecule has 0 rings (SSSR count). The van der Waals surface area contributed by atoms with E-state index in [0.717, 1.165) is 64.2 Å². The Hall–Kier alpha value is -1.32. The molecule has 4 nitrogen and oxygen atoms in total. The van der Waals surface area contributed by atoms with E-state index < -0.39 is 5.97 Å². The summed E-state index contributed by atoms with van der Waals surface area (Å²) in [5, 5.41) is 8.79. The van der Waals surface area contributed by atoms with Crippen LogP contribution in [-0.2, 0) is 14.3 Å². The highest BCUT2D eigenvalue weighted by Gasteiger charge is 2.14. The first kappa shape index (κ1) is 42.7. The van der Waals surface area contributed by atoms with Crippen LogP contribution in [0.15, 0.2) is 12.2 Å². The second-order valence-corrected chi connectivity index (χ2v) is 13.5. The van der Waals surface area contributed by atoms with Crippen molar-refractivity contribution in [2.45, 2.75) is 232 Å². The Bertz CT molecular complexity index is 629. The van der Waals surface area contributed by atoms with Crippen molar-refractivity contribution in [3.05, 3.63) is 12.2 Å². The van der Waals surface area contributed by atoms with Crippen LogP contribution < -0.4 is 0 Å². The Morgan fingerprint density at radius 3 is 1.23 bits per heavy atom. The van der Waals surface area contributed by atoms with Gasteiger partial charge in [0, 0.05) is 12.8 Å². The van der Waals surface area contributed by atoms with E-state index in [9.17, 15) is 9.59 Å². The summed E-state index contributed by atoms with van der Waals surface area (Å²) >= 11 is 0. The lowest BCUT2D eigenvalue weighted by molar-refractivity contribution is -0.150. The molecule has 1 N–H and O–H groups in total. The number of carbonyl (C=O) groups is 2. The molecule has 0 aliphatic rings. The first-order valence-corrected chi connectivity index (χ1v) is 19.7. The topological polar surface area (TPSA) is 63.6 Å². The van der Waals surface area contributed by atoms with Crippen LogP contribution in [0.5, 0.6) is 0 Å². The van der Waals surface area contributed by atoms with Crippen molar-refractivity contribution in [1.29, 1.82) is 0 Å². The molecule has 0 saturated heterocycles. The Balaban J connectivity index is 3.83. The van der Waals surface area contributed by atoms with Crippen LogP contribution in [0.4, 0.5) is 0 Å². The van der Waals surface area contributed by atoms with Crippen molar-refractivity contribution in [1.82, 2.24) is 0 Å². The number of allylic oxidation sites excluding steroid dienone is 2. The zero-order valence-corrected chi connectivity index (χ0v) is 29.7. The molecule has 0 aliphatic heterocycles.